The van der Waals surface area contributed by atoms with Gasteiger partial charge in [0.25, 0.3) is 5.91 Å². The number of carbonyl (C=O) groups is 1. The maximum atomic E-state index is 11.7. The standard InChI is InChI=1S/C22H16I2N2O2/c1-26-22(27)17(12-25)9-14-10-19(23)21(20(24)11-14)28-13-16-7-4-6-15-5-2-3-8-18(15)16/h2-11H,13H2,1H3,(H,26,27)/b17-9-. The Morgan fingerprint density at radius 2 is 1.82 bits per heavy atom. The van der Waals surface area contributed by atoms with Gasteiger partial charge in [0.1, 0.15) is 24.0 Å². The third-order valence-corrected chi connectivity index (χ3v) is 5.78. The van der Waals surface area contributed by atoms with Crippen LogP contribution < -0.4 is 10.1 Å². The van der Waals surface area contributed by atoms with Crippen LogP contribution in [0.2, 0.25) is 0 Å². The summed E-state index contributed by atoms with van der Waals surface area (Å²) in [6.45, 7) is 0.463. The Hall–Kier alpha value is -2.12. The quantitative estimate of drug-likeness (QED) is 0.249. The molecular formula is C22H16I2N2O2. The van der Waals surface area contributed by atoms with Crippen molar-refractivity contribution in [3.05, 3.63) is 78.4 Å². The number of amides is 1. The number of nitrogens with zero attached hydrogens (tertiary/aromatic N) is 1. The lowest BCUT2D eigenvalue weighted by molar-refractivity contribution is -0.116. The SMILES string of the molecule is CNC(=O)/C(C#N)=C\c1cc(I)c(OCc2cccc3ccccc23)c(I)c1. The molecule has 0 aliphatic carbocycles. The Morgan fingerprint density at radius 1 is 1.14 bits per heavy atom. The number of hydrogen-bond donors (Lipinski definition) is 1. The van der Waals surface area contributed by atoms with E-state index in [2.05, 4.69) is 74.8 Å². The Balaban J connectivity index is 1.87. The van der Waals surface area contributed by atoms with Crippen molar-refractivity contribution in [2.45, 2.75) is 6.61 Å². The number of nitrogens with one attached hydrogen (secondary N) is 1. The van der Waals surface area contributed by atoms with Gasteiger partial charge in [0.15, 0.2) is 0 Å². The molecule has 0 aliphatic rings. The molecule has 0 bridgehead atoms. The van der Waals surface area contributed by atoms with E-state index in [0.29, 0.717) is 6.61 Å². The summed E-state index contributed by atoms with van der Waals surface area (Å²) in [6.07, 6.45) is 1.58. The predicted molar refractivity (Wildman–Crippen MR) is 128 cm³/mol. The number of likely N-dealkylation sites (N-methyl/N-ethyl adjacent to an activating group) is 1. The number of carbonyl (C=O) groups excluding carboxylic acids is 1. The number of nitriles is 1. The number of ether oxygens (including phenoxy) is 1. The van der Waals surface area contributed by atoms with E-state index in [9.17, 15) is 10.1 Å². The molecule has 0 aromatic heterocycles. The van der Waals surface area contributed by atoms with Gasteiger partial charge in [0, 0.05) is 7.05 Å². The van der Waals surface area contributed by atoms with Crippen molar-refractivity contribution < 1.29 is 9.53 Å². The Kier molecular flexibility index (Phi) is 6.91. The molecule has 6 heteroatoms. The molecule has 0 saturated heterocycles. The van der Waals surface area contributed by atoms with Crippen LogP contribution in [0.5, 0.6) is 5.75 Å². The highest BCUT2D eigenvalue weighted by Crippen LogP contribution is 2.31. The van der Waals surface area contributed by atoms with Crippen LogP contribution in [0.4, 0.5) is 0 Å². The summed E-state index contributed by atoms with van der Waals surface area (Å²) in [6, 6.07) is 20.2. The molecule has 28 heavy (non-hydrogen) atoms. The highest BCUT2D eigenvalue weighted by atomic mass is 127. The highest BCUT2D eigenvalue weighted by Gasteiger charge is 2.12. The highest BCUT2D eigenvalue weighted by molar-refractivity contribution is 14.1. The Labute approximate surface area is 190 Å². The van der Waals surface area contributed by atoms with Crippen molar-refractivity contribution in [2.24, 2.45) is 0 Å². The van der Waals surface area contributed by atoms with Gasteiger partial charge in [-0.05, 0) is 85.3 Å². The zero-order valence-corrected chi connectivity index (χ0v) is 19.3. The summed E-state index contributed by atoms with van der Waals surface area (Å²) < 4.78 is 7.98. The van der Waals surface area contributed by atoms with Crippen LogP contribution in [0, 0.1) is 18.5 Å². The summed E-state index contributed by atoms with van der Waals surface area (Å²) in [7, 11) is 1.51. The molecule has 3 rings (SSSR count). The lowest BCUT2D eigenvalue weighted by Gasteiger charge is -2.13. The van der Waals surface area contributed by atoms with Crippen LogP contribution in [-0.4, -0.2) is 13.0 Å². The van der Waals surface area contributed by atoms with Gasteiger partial charge in [-0.2, -0.15) is 5.26 Å². The molecule has 3 aromatic carbocycles. The number of benzene rings is 3. The molecule has 4 nitrogen and oxygen atoms in total. The first kappa shape index (κ1) is 20.6. The summed E-state index contributed by atoms with van der Waals surface area (Å²) in [5.41, 5.74) is 1.98. The lowest BCUT2D eigenvalue weighted by atomic mass is 10.1. The van der Waals surface area contributed by atoms with Gasteiger partial charge >= 0.3 is 0 Å². The van der Waals surface area contributed by atoms with Crippen LogP contribution in [-0.2, 0) is 11.4 Å². The summed E-state index contributed by atoms with van der Waals surface area (Å²) in [5, 5.41) is 14.0. The molecule has 0 saturated carbocycles. The topological polar surface area (TPSA) is 62.1 Å². The molecule has 0 heterocycles. The molecule has 140 valence electrons. The largest absolute Gasteiger partial charge is 0.487 e. The maximum Gasteiger partial charge on any atom is 0.261 e. The number of fused-ring (bicyclic) bond motifs is 1. The van der Waals surface area contributed by atoms with Gasteiger partial charge < -0.3 is 10.1 Å². The lowest BCUT2D eigenvalue weighted by Crippen LogP contribution is -2.19. The fraction of sp³-hybridized carbons (Fsp3) is 0.0909. The molecule has 0 aliphatic heterocycles. The minimum Gasteiger partial charge on any atom is -0.487 e. The van der Waals surface area contributed by atoms with Crippen LogP contribution in [0.25, 0.3) is 16.8 Å². The molecule has 1 N–H and O–H groups in total. The predicted octanol–water partition coefficient (Wildman–Crippen LogP) is 5.28. The first-order chi connectivity index (χ1) is 13.5. The molecule has 0 unspecified atom stereocenters. The van der Waals surface area contributed by atoms with Crippen LogP contribution in [0.1, 0.15) is 11.1 Å². The van der Waals surface area contributed by atoms with Crippen LogP contribution >= 0.6 is 45.2 Å². The van der Waals surface area contributed by atoms with E-state index >= 15 is 0 Å². The smallest absolute Gasteiger partial charge is 0.261 e. The molecule has 1 amide bonds. The van der Waals surface area contributed by atoms with Crippen molar-refractivity contribution in [1.82, 2.24) is 5.32 Å². The molecule has 3 aromatic rings. The maximum absolute atomic E-state index is 11.7. The third kappa shape index (κ3) is 4.64. The Morgan fingerprint density at radius 3 is 2.50 bits per heavy atom. The fourth-order valence-electron chi connectivity index (χ4n) is 2.82. The van der Waals surface area contributed by atoms with Crippen LogP contribution in [0.15, 0.2) is 60.2 Å². The van der Waals surface area contributed by atoms with Crippen molar-refractivity contribution in [3.63, 3.8) is 0 Å². The summed E-state index contributed by atoms with van der Waals surface area (Å²) >= 11 is 4.43. The van der Waals surface area contributed by atoms with Gasteiger partial charge in [-0.1, -0.05) is 42.5 Å². The van der Waals surface area contributed by atoms with E-state index in [1.54, 1.807) is 6.08 Å². The minimum atomic E-state index is -0.399. The second-order valence-corrected chi connectivity index (χ2v) is 8.31. The molecule has 0 radical (unpaired) electrons. The average molecular weight is 594 g/mol. The van der Waals surface area contributed by atoms with E-state index < -0.39 is 5.91 Å². The first-order valence-electron chi connectivity index (χ1n) is 8.46. The summed E-state index contributed by atoms with van der Waals surface area (Å²) in [5.74, 6) is 0.397. The zero-order valence-electron chi connectivity index (χ0n) is 15.0. The second-order valence-electron chi connectivity index (χ2n) is 5.99. The Bertz CT molecular complexity index is 1090. The van der Waals surface area contributed by atoms with E-state index in [-0.39, 0.29) is 5.57 Å². The van der Waals surface area contributed by atoms with Crippen molar-refractivity contribution in [3.8, 4) is 11.8 Å². The number of hydrogen-bond acceptors (Lipinski definition) is 3. The van der Waals surface area contributed by atoms with Gasteiger partial charge in [-0.3, -0.25) is 4.79 Å². The van der Waals surface area contributed by atoms with Gasteiger partial charge in [0.05, 0.1) is 7.14 Å². The average Bonchev–Trinajstić information content (AvgIpc) is 2.71. The molecule has 0 fully saturated rings. The number of halogens is 2. The van der Waals surface area contributed by atoms with E-state index in [0.717, 1.165) is 24.0 Å². The minimum absolute atomic E-state index is 0.0681. The second kappa shape index (κ2) is 9.39. The number of rotatable bonds is 5. The molecule has 0 atom stereocenters. The zero-order chi connectivity index (χ0) is 20.1. The monoisotopic (exact) mass is 594 g/mol. The van der Waals surface area contributed by atoms with Crippen molar-refractivity contribution >= 4 is 67.9 Å². The third-order valence-electron chi connectivity index (χ3n) is 4.18. The van der Waals surface area contributed by atoms with E-state index in [4.69, 9.17) is 4.74 Å². The van der Waals surface area contributed by atoms with E-state index in [1.165, 1.54) is 17.8 Å². The summed E-state index contributed by atoms with van der Waals surface area (Å²) in [4.78, 5) is 11.7. The van der Waals surface area contributed by atoms with Gasteiger partial charge in [-0.15, -0.1) is 0 Å². The molecular weight excluding hydrogens is 578 g/mol. The molecule has 0 spiro atoms. The van der Waals surface area contributed by atoms with Crippen molar-refractivity contribution in [2.75, 3.05) is 7.05 Å². The fourth-order valence-corrected chi connectivity index (χ4v) is 4.95. The van der Waals surface area contributed by atoms with Gasteiger partial charge in [0.2, 0.25) is 0 Å². The van der Waals surface area contributed by atoms with Crippen molar-refractivity contribution in [1.29, 1.82) is 5.26 Å². The van der Waals surface area contributed by atoms with Crippen LogP contribution in [0.3, 0.4) is 0 Å². The first-order valence-corrected chi connectivity index (χ1v) is 10.6. The van der Waals surface area contributed by atoms with E-state index in [1.807, 2.05) is 36.4 Å². The van der Waals surface area contributed by atoms with Gasteiger partial charge in [-0.25, -0.2) is 0 Å². The normalized spacial score (nSPS) is 11.1.